The molecule has 0 fully saturated rings. The van der Waals surface area contributed by atoms with Crippen LogP contribution < -0.4 is 20.1 Å². The average molecular weight is 475 g/mol. The van der Waals surface area contributed by atoms with Gasteiger partial charge in [-0.1, -0.05) is 17.7 Å². The number of aliphatic hydroxyl groups excluding tert-OH is 1. The van der Waals surface area contributed by atoms with Gasteiger partial charge in [-0.3, -0.25) is 4.98 Å². The lowest BCUT2D eigenvalue weighted by molar-refractivity contribution is 0.284. The number of nitrogens with one attached hydrogen (secondary N) is 2. The molecule has 0 spiro atoms. The van der Waals surface area contributed by atoms with Crippen molar-refractivity contribution in [3.8, 4) is 11.5 Å². The molecule has 0 unspecified atom stereocenters. The van der Waals surface area contributed by atoms with Crippen molar-refractivity contribution in [3.05, 3.63) is 52.8 Å². The fourth-order valence-corrected chi connectivity index (χ4v) is 2.56. The van der Waals surface area contributed by atoms with Crippen LogP contribution in [0.15, 0.2) is 36.7 Å². The summed E-state index contributed by atoms with van der Waals surface area (Å²) in [6, 6.07) is 7.59. The van der Waals surface area contributed by atoms with Crippen LogP contribution in [0.3, 0.4) is 0 Å². The first-order valence-corrected chi connectivity index (χ1v) is 8.52. The highest BCUT2D eigenvalue weighted by Gasteiger charge is 2.12. The lowest BCUT2D eigenvalue weighted by Crippen LogP contribution is -2.28. The Morgan fingerprint density at radius 1 is 1.07 bits per heavy atom. The summed E-state index contributed by atoms with van der Waals surface area (Å²) in [5.41, 5.74) is 1.97. The summed E-state index contributed by atoms with van der Waals surface area (Å²) < 4.78 is 11.2. The minimum atomic E-state index is 0. The van der Waals surface area contributed by atoms with Gasteiger partial charge in [-0.15, -0.1) is 37.2 Å². The molecule has 1 aromatic heterocycles. The van der Waals surface area contributed by atoms with Crippen LogP contribution in [0.4, 0.5) is 0 Å². The highest BCUT2D eigenvalue weighted by atomic mass is 35.5. The third-order valence-corrected chi connectivity index (χ3v) is 3.77. The van der Waals surface area contributed by atoms with Gasteiger partial charge in [0.2, 0.25) is 0 Å². The Kier molecular flexibility index (Phi) is 17.7. The molecule has 6 nitrogen and oxygen atoms in total. The van der Waals surface area contributed by atoms with Crippen LogP contribution in [0.2, 0.25) is 5.02 Å². The third-order valence-electron chi connectivity index (χ3n) is 3.49. The number of ether oxygens (including phenoxy) is 2. The Balaban J connectivity index is 0. The molecule has 0 aliphatic heterocycles. The summed E-state index contributed by atoms with van der Waals surface area (Å²) in [6.45, 7) is 3.37. The van der Waals surface area contributed by atoms with Gasteiger partial charge in [0, 0.05) is 44.1 Å². The molecule has 0 atom stereocenters. The molecular formula is C18H27Cl4N3O3. The first-order chi connectivity index (χ1) is 12.2. The molecule has 1 aromatic carbocycles. The Bertz CT molecular complexity index is 651. The number of benzene rings is 1. The largest absolute Gasteiger partial charge is 0.493 e. The zero-order chi connectivity index (χ0) is 17.9. The molecule has 1 heterocycles. The van der Waals surface area contributed by atoms with Gasteiger partial charge in [-0.25, -0.2) is 0 Å². The molecule has 0 saturated carbocycles. The van der Waals surface area contributed by atoms with Gasteiger partial charge >= 0.3 is 0 Å². The van der Waals surface area contributed by atoms with Crippen molar-refractivity contribution >= 4 is 48.8 Å². The molecule has 2 rings (SSSR count). The monoisotopic (exact) mass is 473 g/mol. The van der Waals surface area contributed by atoms with Gasteiger partial charge in [0.05, 0.1) is 18.7 Å². The van der Waals surface area contributed by atoms with E-state index in [-0.39, 0.29) is 43.8 Å². The number of rotatable bonds is 11. The summed E-state index contributed by atoms with van der Waals surface area (Å²) in [7, 11) is 1.60. The lowest BCUT2D eigenvalue weighted by Gasteiger charge is -2.14. The van der Waals surface area contributed by atoms with Gasteiger partial charge in [0.15, 0.2) is 11.5 Å². The maximum absolute atomic E-state index is 8.70. The van der Waals surface area contributed by atoms with Crippen LogP contribution in [-0.2, 0) is 13.2 Å². The van der Waals surface area contributed by atoms with Crippen molar-refractivity contribution in [1.82, 2.24) is 15.6 Å². The van der Waals surface area contributed by atoms with Crippen LogP contribution in [0, 0.1) is 0 Å². The van der Waals surface area contributed by atoms with E-state index in [1.807, 2.05) is 24.3 Å². The summed E-state index contributed by atoms with van der Waals surface area (Å²) >= 11 is 6.37. The van der Waals surface area contributed by atoms with E-state index in [4.69, 9.17) is 26.2 Å². The van der Waals surface area contributed by atoms with Crippen molar-refractivity contribution < 1.29 is 14.6 Å². The molecule has 160 valence electrons. The van der Waals surface area contributed by atoms with E-state index < -0.39 is 0 Å². The molecule has 0 aliphatic carbocycles. The van der Waals surface area contributed by atoms with Crippen LogP contribution in [0.25, 0.3) is 0 Å². The average Bonchev–Trinajstić information content (AvgIpc) is 2.64. The number of hydrogen-bond donors (Lipinski definition) is 3. The zero-order valence-corrected chi connectivity index (χ0v) is 18.7. The fraction of sp³-hybridized carbons (Fsp3) is 0.389. The van der Waals surface area contributed by atoms with E-state index in [9.17, 15) is 0 Å². The summed E-state index contributed by atoms with van der Waals surface area (Å²) in [5.74, 6) is 1.13. The van der Waals surface area contributed by atoms with E-state index in [0.717, 1.165) is 24.2 Å². The second-order valence-electron chi connectivity index (χ2n) is 5.41. The number of methoxy groups -OCH3 is 1. The Morgan fingerprint density at radius 2 is 1.82 bits per heavy atom. The SMILES string of the molecule is COc1cc(CNCCNCCO)cc(Cl)c1OCc1cccnc1.Cl.Cl.Cl. The first kappa shape index (κ1) is 29.2. The molecule has 0 saturated heterocycles. The minimum absolute atomic E-state index is 0. The van der Waals surface area contributed by atoms with Crippen molar-refractivity contribution in [2.24, 2.45) is 0 Å². The molecule has 10 heteroatoms. The predicted molar refractivity (Wildman–Crippen MR) is 120 cm³/mol. The minimum Gasteiger partial charge on any atom is -0.493 e. The molecular weight excluding hydrogens is 448 g/mol. The quantitative estimate of drug-likeness (QED) is 0.434. The summed E-state index contributed by atoms with van der Waals surface area (Å²) in [6.07, 6.45) is 3.47. The molecule has 3 N–H and O–H groups in total. The van der Waals surface area contributed by atoms with Crippen LogP contribution in [0.5, 0.6) is 11.5 Å². The zero-order valence-electron chi connectivity index (χ0n) is 15.5. The second-order valence-corrected chi connectivity index (χ2v) is 5.82. The Hall–Kier alpha value is -0.990. The van der Waals surface area contributed by atoms with E-state index in [0.29, 0.717) is 36.2 Å². The smallest absolute Gasteiger partial charge is 0.180 e. The molecule has 0 radical (unpaired) electrons. The fourth-order valence-electron chi connectivity index (χ4n) is 2.27. The van der Waals surface area contributed by atoms with Crippen molar-refractivity contribution in [2.45, 2.75) is 13.2 Å². The number of halogens is 4. The number of pyridine rings is 1. The first-order valence-electron chi connectivity index (χ1n) is 8.15. The van der Waals surface area contributed by atoms with E-state index in [2.05, 4.69) is 15.6 Å². The Morgan fingerprint density at radius 3 is 2.46 bits per heavy atom. The van der Waals surface area contributed by atoms with Gasteiger partial charge in [-0.05, 0) is 23.8 Å². The number of nitrogens with zero attached hydrogens (tertiary/aromatic N) is 1. The van der Waals surface area contributed by atoms with E-state index in [1.165, 1.54) is 0 Å². The van der Waals surface area contributed by atoms with Crippen LogP contribution in [-0.4, -0.2) is 43.4 Å². The molecule has 0 aliphatic rings. The van der Waals surface area contributed by atoms with E-state index >= 15 is 0 Å². The van der Waals surface area contributed by atoms with Crippen molar-refractivity contribution in [2.75, 3.05) is 33.4 Å². The summed E-state index contributed by atoms with van der Waals surface area (Å²) in [5, 5.41) is 15.6. The van der Waals surface area contributed by atoms with Gasteiger partial charge in [0.25, 0.3) is 0 Å². The molecule has 2 aromatic rings. The highest BCUT2D eigenvalue weighted by Crippen LogP contribution is 2.36. The number of aromatic nitrogens is 1. The van der Waals surface area contributed by atoms with Crippen LogP contribution >= 0.6 is 48.8 Å². The van der Waals surface area contributed by atoms with Gasteiger partial charge in [0.1, 0.15) is 6.61 Å². The maximum Gasteiger partial charge on any atom is 0.180 e. The number of hydrogen-bond acceptors (Lipinski definition) is 6. The van der Waals surface area contributed by atoms with Gasteiger partial charge in [-0.2, -0.15) is 0 Å². The number of aliphatic hydroxyl groups is 1. The third kappa shape index (κ3) is 9.98. The normalized spacial score (nSPS) is 9.54. The highest BCUT2D eigenvalue weighted by molar-refractivity contribution is 6.32. The standard InChI is InChI=1S/C18H24ClN3O3.3ClH/c1-24-17-10-15(12-22-6-5-20-7-8-23)9-16(19)18(17)25-13-14-3-2-4-21-11-14;;;/h2-4,9-11,20,22-23H,5-8,12-13H2,1H3;3*1H. The topological polar surface area (TPSA) is 75.6 Å². The van der Waals surface area contributed by atoms with Gasteiger partial charge < -0.3 is 25.2 Å². The molecule has 0 amide bonds. The molecule has 0 bridgehead atoms. The van der Waals surface area contributed by atoms with Crippen molar-refractivity contribution in [3.63, 3.8) is 0 Å². The summed E-state index contributed by atoms with van der Waals surface area (Å²) in [4.78, 5) is 4.06. The Labute approximate surface area is 189 Å². The lowest BCUT2D eigenvalue weighted by atomic mass is 10.2. The van der Waals surface area contributed by atoms with Crippen LogP contribution in [0.1, 0.15) is 11.1 Å². The second kappa shape index (κ2) is 16.9. The molecule has 28 heavy (non-hydrogen) atoms. The van der Waals surface area contributed by atoms with Crippen molar-refractivity contribution in [1.29, 1.82) is 0 Å². The maximum atomic E-state index is 8.70. The predicted octanol–water partition coefficient (Wildman–Crippen LogP) is 3.26. The van der Waals surface area contributed by atoms with E-state index in [1.54, 1.807) is 19.5 Å².